The molecule has 172 valence electrons. The molecule has 1 amide bonds. The van der Waals surface area contributed by atoms with Gasteiger partial charge in [0, 0.05) is 36.6 Å². The van der Waals surface area contributed by atoms with Crippen LogP contribution < -0.4 is 5.56 Å². The minimum absolute atomic E-state index is 0.0462. The van der Waals surface area contributed by atoms with Gasteiger partial charge in [0.15, 0.2) is 0 Å². The van der Waals surface area contributed by atoms with Gasteiger partial charge in [-0.2, -0.15) is 0 Å². The summed E-state index contributed by atoms with van der Waals surface area (Å²) in [4.78, 5) is 43.3. The Balaban J connectivity index is 1.49. The number of benzene rings is 1. The molecule has 0 aliphatic carbocycles. The Kier molecular flexibility index (Phi) is 5.52. The number of likely N-dealkylation sites (tertiary alicyclic amines) is 1. The highest BCUT2D eigenvalue weighted by molar-refractivity contribution is 5.99. The van der Waals surface area contributed by atoms with Gasteiger partial charge in [0.2, 0.25) is 0 Å². The van der Waals surface area contributed by atoms with Crippen molar-refractivity contribution in [3.8, 4) is 0 Å². The fourth-order valence-electron chi connectivity index (χ4n) is 5.14. The first-order valence-corrected chi connectivity index (χ1v) is 11.9. The second-order valence-corrected chi connectivity index (χ2v) is 9.66. The third kappa shape index (κ3) is 3.95. The summed E-state index contributed by atoms with van der Waals surface area (Å²) in [7, 11) is 0. The topological polar surface area (TPSA) is 82.2 Å². The van der Waals surface area contributed by atoms with Crippen molar-refractivity contribution < 1.29 is 4.79 Å². The summed E-state index contributed by atoms with van der Waals surface area (Å²) in [6.45, 7) is 10.4. The van der Waals surface area contributed by atoms with Crippen LogP contribution in [0.2, 0.25) is 0 Å². The zero-order valence-electron chi connectivity index (χ0n) is 19.8. The van der Waals surface area contributed by atoms with Gasteiger partial charge in [0.05, 0.1) is 28.5 Å². The fourth-order valence-corrected chi connectivity index (χ4v) is 5.14. The van der Waals surface area contributed by atoms with Crippen molar-refractivity contribution in [1.29, 1.82) is 0 Å². The SMILES string of the molecule is Cc1ccc2nc(C)c(C(=O)N3CCCC3c3nc4c(c(=O)[nH]3)CCN(C(C)C)C4)cc2c1. The van der Waals surface area contributed by atoms with Crippen LogP contribution in [0.25, 0.3) is 10.9 Å². The molecule has 2 aliphatic heterocycles. The lowest BCUT2D eigenvalue weighted by Gasteiger charge is -2.31. The lowest BCUT2D eigenvalue weighted by Crippen LogP contribution is -2.40. The summed E-state index contributed by atoms with van der Waals surface area (Å²) < 4.78 is 0. The van der Waals surface area contributed by atoms with Crippen LogP contribution >= 0.6 is 0 Å². The molecular formula is C26H31N5O2. The Labute approximate surface area is 193 Å². The monoisotopic (exact) mass is 445 g/mol. The molecule has 7 nitrogen and oxygen atoms in total. The number of carbonyl (C=O) groups is 1. The number of fused-ring (bicyclic) bond motifs is 2. The van der Waals surface area contributed by atoms with E-state index in [9.17, 15) is 9.59 Å². The molecule has 1 unspecified atom stereocenters. The van der Waals surface area contributed by atoms with E-state index in [1.165, 1.54) is 0 Å². The summed E-state index contributed by atoms with van der Waals surface area (Å²) in [5.74, 6) is 0.563. The number of amides is 1. The number of carbonyl (C=O) groups excluding carboxylic acids is 1. The molecule has 5 rings (SSSR count). The maximum Gasteiger partial charge on any atom is 0.256 e. The van der Waals surface area contributed by atoms with Gasteiger partial charge in [0.25, 0.3) is 11.5 Å². The molecule has 33 heavy (non-hydrogen) atoms. The van der Waals surface area contributed by atoms with Crippen molar-refractivity contribution in [1.82, 2.24) is 24.8 Å². The molecule has 0 bridgehead atoms. The number of hydrogen-bond donors (Lipinski definition) is 1. The van der Waals surface area contributed by atoms with Gasteiger partial charge in [-0.25, -0.2) is 4.98 Å². The molecule has 0 radical (unpaired) electrons. The van der Waals surface area contributed by atoms with Gasteiger partial charge in [-0.05, 0) is 65.2 Å². The Morgan fingerprint density at radius 3 is 2.76 bits per heavy atom. The molecule has 0 saturated carbocycles. The van der Waals surface area contributed by atoms with Crippen LogP contribution in [0.15, 0.2) is 29.1 Å². The van der Waals surface area contributed by atoms with E-state index in [4.69, 9.17) is 4.98 Å². The second-order valence-electron chi connectivity index (χ2n) is 9.66. The first-order chi connectivity index (χ1) is 15.8. The number of pyridine rings is 1. The number of nitrogens with zero attached hydrogens (tertiary/aromatic N) is 4. The molecule has 1 atom stereocenters. The first-order valence-electron chi connectivity index (χ1n) is 11.9. The molecule has 2 aromatic heterocycles. The Morgan fingerprint density at radius 2 is 1.97 bits per heavy atom. The van der Waals surface area contributed by atoms with Gasteiger partial charge >= 0.3 is 0 Å². The molecule has 1 fully saturated rings. The molecule has 1 aromatic carbocycles. The minimum atomic E-state index is -0.225. The van der Waals surface area contributed by atoms with Gasteiger partial charge in [-0.15, -0.1) is 0 Å². The van der Waals surface area contributed by atoms with Gasteiger partial charge < -0.3 is 9.88 Å². The number of rotatable bonds is 3. The van der Waals surface area contributed by atoms with Crippen molar-refractivity contribution in [3.63, 3.8) is 0 Å². The Bertz CT molecular complexity index is 1300. The largest absolute Gasteiger partial charge is 0.328 e. The van der Waals surface area contributed by atoms with Gasteiger partial charge in [0.1, 0.15) is 5.82 Å². The summed E-state index contributed by atoms with van der Waals surface area (Å²) in [6.07, 6.45) is 2.39. The second kappa shape index (κ2) is 8.37. The number of aromatic amines is 1. The number of hydrogen-bond acceptors (Lipinski definition) is 5. The standard InChI is InChI=1S/C26H31N5O2/c1-15(2)30-11-9-19-22(14-30)28-24(29-25(19)32)23-6-5-10-31(23)26(33)20-13-18-12-16(3)7-8-21(18)27-17(20)4/h7-8,12-13,15,23H,5-6,9-11,14H2,1-4H3,(H,28,29,32). The summed E-state index contributed by atoms with van der Waals surface area (Å²) in [6, 6.07) is 8.21. The molecule has 0 spiro atoms. The summed E-state index contributed by atoms with van der Waals surface area (Å²) in [5.41, 5.74) is 4.95. The van der Waals surface area contributed by atoms with Crippen molar-refractivity contribution in [3.05, 3.63) is 68.5 Å². The zero-order chi connectivity index (χ0) is 23.3. The Morgan fingerprint density at radius 1 is 1.15 bits per heavy atom. The first kappa shape index (κ1) is 21.8. The molecule has 1 N–H and O–H groups in total. The molecule has 3 aromatic rings. The van der Waals surface area contributed by atoms with Crippen molar-refractivity contribution in [2.75, 3.05) is 13.1 Å². The lowest BCUT2D eigenvalue weighted by molar-refractivity contribution is 0.0728. The van der Waals surface area contributed by atoms with Gasteiger partial charge in [-0.1, -0.05) is 11.6 Å². The Hall–Kier alpha value is -3.06. The highest BCUT2D eigenvalue weighted by Gasteiger charge is 2.34. The molecule has 4 heterocycles. The van der Waals surface area contributed by atoms with E-state index in [2.05, 4.69) is 34.8 Å². The maximum atomic E-state index is 13.7. The normalized spacial score (nSPS) is 18.8. The zero-order valence-corrected chi connectivity index (χ0v) is 19.8. The molecule has 2 aliphatic rings. The number of nitrogens with one attached hydrogen (secondary N) is 1. The van der Waals surface area contributed by atoms with Gasteiger partial charge in [-0.3, -0.25) is 19.5 Å². The maximum absolute atomic E-state index is 13.7. The third-order valence-corrected chi connectivity index (χ3v) is 7.07. The minimum Gasteiger partial charge on any atom is -0.328 e. The van der Waals surface area contributed by atoms with Crippen LogP contribution in [0.3, 0.4) is 0 Å². The fraction of sp³-hybridized carbons (Fsp3) is 0.462. The summed E-state index contributed by atoms with van der Waals surface area (Å²) >= 11 is 0. The predicted octanol–water partition coefficient (Wildman–Crippen LogP) is 3.68. The quantitative estimate of drug-likeness (QED) is 0.665. The van der Waals surface area contributed by atoms with Crippen LogP contribution in [0.1, 0.15) is 71.4 Å². The van der Waals surface area contributed by atoms with Crippen molar-refractivity contribution in [2.45, 2.75) is 65.6 Å². The van der Waals surface area contributed by atoms with E-state index < -0.39 is 0 Å². The molecule has 7 heteroatoms. The van der Waals surface area contributed by atoms with E-state index >= 15 is 0 Å². The van der Waals surface area contributed by atoms with E-state index in [1.54, 1.807) is 0 Å². The van der Waals surface area contributed by atoms with E-state index in [0.717, 1.165) is 52.8 Å². The smallest absolute Gasteiger partial charge is 0.256 e. The average molecular weight is 446 g/mol. The van der Waals surface area contributed by atoms with Crippen molar-refractivity contribution in [2.24, 2.45) is 0 Å². The number of aromatic nitrogens is 3. The highest BCUT2D eigenvalue weighted by Crippen LogP contribution is 2.32. The molecular weight excluding hydrogens is 414 g/mol. The summed E-state index contributed by atoms with van der Waals surface area (Å²) in [5, 5.41) is 0.966. The predicted molar refractivity (Wildman–Crippen MR) is 128 cm³/mol. The average Bonchev–Trinajstić information content (AvgIpc) is 3.28. The number of H-pyrrole nitrogens is 1. The van der Waals surface area contributed by atoms with E-state index in [1.807, 2.05) is 36.9 Å². The van der Waals surface area contributed by atoms with Crippen LogP contribution in [0, 0.1) is 13.8 Å². The lowest BCUT2D eigenvalue weighted by atomic mass is 10.0. The van der Waals surface area contributed by atoms with Crippen molar-refractivity contribution >= 4 is 16.8 Å². The van der Waals surface area contributed by atoms with Crippen LogP contribution in [0.4, 0.5) is 0 Å². The van der Waals surface area contributed by atoms with Crippen LogP contribution in [-0.2, 0) is 13.0 Å². The van der Waals surface area contributed by atoms with Crippen LogP contribution in [0.5, 0.6) is 0 Å². The van der Waals surface area contributed by atoms with E-state index in [0.29, 0.717) is 36.9 Å². The van der Waals surface area contributed by atoms with E-state index in [-0.39, 0.29) is 17.5 Å². The molecule has 1 saturated heterocycles. The van der Waals surface area contributed by atoms with Crippen LogP contribution in [-0.4, -0.2) is 49.8 Å². The highest BCUT2D eigenvalue weighted by atomic mass is 16.2. The third-order valence-electron chi connectivity index (χ3n) is 7.07. The number of aryl methyl sites for hydroxylation is 2.